The summed E-state index contributed by atoms with van der Waals surface area (Å²) in [6.45, 7) is 5.70. The van der Waals surface area contributed by atoms with Crippen LogP contribution in [0.4, 0.5) is 11.5 Å². The first-order valence-corrected chi connectivity index (χ1v) is 10.1. The van der Waals surface area contributed by atoms with E-state index in [1.165, 1.54) is 0 Å². The molecule has 29 heavy (non-hydrogen) atoms. The van der Waals surface area contributed by atoms with E-state index in [1.54, 1.807) is 6.33 Å². The number of hydrogen-bond acceptors (Lipinski definition) is 4. The Morgan fingerprint density at radius 3 is 2.52 bits per heavy atom. The van der Waals surface area contributed by atoms with E-state index in [9.17, 15) is 4.79 Å². The number of piperidine rings is 1. The molecule has 0 bridgehead atoms. The predicted molar refractivity (Wildman–Crippen MR) is 117 cm³/mol. The topological polar surface area (TPSA) is 58.1 Å². The number of carbonyl (C=O) groups excluding carboxylic acids is 1. The van der Waals surface area contributed by atoms with Crippen LogP contribution < -0.4 is 10.2 Å². The van der Waals surface area contributed by atoms with E-state index in [1.807, 2.05) is 50.2 Å². The SMILES string of the molecule is Cc1ccc(C)c(NC(=O)C2CCN(c3cc(-c4ccccc4)ncn3)CC2)c1. The minimum atomic E-state index is 0.0293. The van der Waals surface area contributed by atoms with Gasteiger partial charge in [0.05, 0.1) is 5.69 Å². The van der Waals surface area contributed by atoms with Crippen molar-refractivity contribution in [1.29, 1.82) is 0 Å². The molecule has 1 saturated heterocycles. The highest BCUT2D eigenvalue weighted by Crippen LogP contribution is 2.26. The Morgan fingerprint density at radius 1 is 1.00 bits per heavy atom. The molecule has 2 aromatic carbocycles. The molecule has 0 unspecified atom stereocenters. The minimum absolute atomic E-state index is 0.0293. The Labute approximate surface area is 171 Å². The third-order valence-corrected chi connectivity index (χ3v) is 5.56. The van der Waals surface area contributed by atoms with Gasteiger partial charge < -0.3 is 10.2 Å². The molecule has 0 atom stereocenters. The van der Waals surface area contributed by atoms with Crippen molar-refractivity contribution in [2.75, 3.05) is 23.3 Å². The summed E-state index contributed by atoms with van der Waals surface area (Å²) in [4.78, 5) is 23.9. The van der Waals surface area contributed by atoms with Gasteiger partial charge in [-0.2, -0.15) is 0 Å². The largest absolute Gasteiger partial charge is 0.356 e. The lowest BCUT2D eigenvalue weighted by molar-refractivity contribution is -0.120. The molecule has 148 valence electrons. The zero-order valence-corrected chi connectivity index (χ0v) is 16.9. The third-order valence-electron chi connectivity index (χ3n) is 5.56. The normalized spacial score (nSPS) is 14.6. The summed E-state index contributed by atoms with van der Waals surface area (Å²) in [6.07, 6.45) is 3.26. The number of hydrogen-bond donors (Lipinski definition) is 1. The van der Waals surface area contributed by atoms with Crippen molar-refractivity contribution in [2.24, 2.45) is 5.92 Å². The quantitative estimate of drug-likeness (QED) is 0.711. The van der Waals surface area contributed by atoms with E-state index >= 15 is 0 Å². The maximum atomic E-state index is 12.8. The molecule has 0 saturated carbocycles. The number of aromatic nitrogens is 2. The van der Waals surface area contributed by atoms with Gasteiger partial charge in [-0.3, -0.25) is 4.79 Å². The fourth-order valence-corrected chi connectivity index (χ4v) is 3.76. The number of rotatable bonds is 4. The fraction of sp³-hybridized carbons (Fsp3) is 0.292. The third kappa shape index (κ3) is 4.45. The van der Waals surface area contributed by atoms with Gasteiger partial charge in [-0.1, -0.05) is 42.5 Å². The number of carbonyl (C=O) groups is 1. The van der Waals surface area contributed by atoms with Gasteiger partial charge in [0.15, 0.2) is 0 Å². The van der Waals surface area contributed by atoms with E-state index in [0.29, 0.717) is 0 Å². The molecule has 3 aromatic rings. The molecule has 0 radical (unpaired) electrons. The van der Waals surface area contributed by atoms with Crippen LogP contribution in [-0.4, -0.2) is 29.0 Å². The summed E-state index contributed by atoms with van der Waals surface area (Å²) in [5.74, 6) is 1.07. The van der Waals surface area contributed by atoms with Crippen molar-refractivity contribution < 1.29 is 4.79 Å². The summed E-state index contributed by atoms with van der Waals surface area (Å²) in [7, 11) is 0. The van der Waals surface area contributed by atoms with Crippen LogP contribution in [-0.2, 0) is 4.79 Å². The molecular formula is C24H26N4O. The number of nitrogens with one attached hydrogen (secondary N) is 1. The van der Waals surface area contributed by atoms with Gasteiger partial charge in [0.2, 0.25) is 5.91 Å². The first-order valence-electron chi connectivity index (χ1n) is 10.1. The summed E-state index contributed by atoms with van der Waals surface area (Å²) >= 11 is 0. The van der Waals surface area contributed by atoms with Crippen LogP contribution in [0.2, 0.25) is 0 Å². The molecule has 4 rings (SSSR count). The van der Waals surface area contributed by atoms with Crippen LogP contribution in [0.5, 0.6) is 0 Å². The number of nitrogens with zero attached hydrogens (tertiary/aromatic N) is 3. The molecule has 1 N–H and O–H groups in total. The molecule has 0 spiro atoms. The highest BCUT2D eigenvalue weighted by molar-refractivity contribution is 5.93. The second-order valence-corrected chi connectivity index (χ2v) is 7.70. The molecular weight excluding hydrogens is 360 g/mol. The molecule has 5 heteroatoms. The Bertz CT molecular complexity index is 995. The Morgan fingerprint density at radius 2 is 1.76 bits per heavy atom. The maximum Gasteiger partial charge on any atom is 0.227 e. The summed E-state index contributed by atoms with van der Waals surface area (Å²) < 4.78 is 0. The van der Waals surface area contributed by atoms with Crippen LogP contribution in [0.3, 0.4) is 0 Å². The average Bonchev–Trinajstić information content (AvgIpc) is 2.77. The van der Waals surface area contributed by atoms with Crippen LogP contribution >= 0.6 is 0 Å². The molecule has 1 aliphatic rings. The molecule has 1 amide bonds. The van der Waals surface area contributed by atoms with E-state index in [2.05, 4.69) is 38.4 Å². The molecule has 1 aromatic heterocycles. The highest BCUT2D eigenvalue weighted by atomic mass is 16.1. The van der Waals surface area contributed by atoms with Gasteiger partial charge in [0.25, 0.3) is 0 Å². The smallest absolute Gasteiger partial charge is 0.227 e. The molecule has 5 nitrogen and oxygen atoms in total. The maximum absolute atomic E-state index is 12.8. The van der Waals surface area contributed by atoms with E-state index in [0.717, 1.165) is 59.8 Å². The van der Waals surface area contributed by atoms with E-state index in [4.69, 9.17) is 0 Å². The number of anilines is 2. The lowest BCUT2D eigenvalue weighted by atomic mass is 9.95. The van der Waals surface area contributed by atoms with Crippen LogP contribution in [0, 0.1) is 19.8 Å². The van der Waals surface area contributed by atoms with Gasteiger partial charge in [0, 0.05) is 36.3 Å². The minimum Gasteiger partial charge on any atom is -0.356 e. The summed E-state index contributed by atoms with van der Waals surface area (Å²) in [6, 6.07) is 18.3. The van der Waals surface area contributed by atoms with Crippen molar-refractivity contribution in [2.45, 2.75) is 26.7 Å². The van der Waals surface area contributed by atoms with Crippen molar-refractivity contribution in [3.63, 3.8) is 0 Å². The predicted octanol–water partition coefficient (Wildman–Crippen LogP) is 4.62. The Balaban J connectivity index is 1.39. The van der Waals surface area contributed by atoms with Crippen molar-refractivity contribution in [1.82, 2.24) is 9.97 Å². The van der Waals surface area contributed by atoms with E-state index in [-0.39, 0.29) is 11.8 Å². The van der Waals surface area contributed by atoms with Crippen LogP contribution in [0.1, 0.15) is 24.0 Å². The van der Waals surface area contributed by atoms with Crippen LogP contribution in [0.15, 0.2) is 60.9 Å². The second kappa shape index (κ2) is 8.43. The standard InChI is InChI=1S/C24H26N4O/c1-17-8-9-18(2)21(14-17)27-24(29)20-10-12-28(13-11-20)23-15-22(25-16-26-23)19-6-4-3-5-7-19/h3-9,14-16,20H,10-13H2,1-2H3,(H,27,29). The summed E-state index contributed by atoms with van der Waals surface area (Å²) in [5, 5.41) is 3.12. The molecule has 0 aliphatic carbocycles. The summed E-state index contributed by atoms with van der Waals surface area (Å²) in [5.41, 5.74) is 5.17. The monoisotopic (exact) mass is 386 g/mol. The number of aryl methyl sites for hydroxylation is 2. The lowest BCUT2D eigenvalue weighted by Crippen LogP contribution is -2.38. The fourth-order valence-electron chi connectivity index (χ4n) is 3.76. The van der Waals surface area contributed by atoms with Gasteiger partial charge in [-0.15, -0.1) is 0 Å². The van der Waals surface area contributed by atoms with Crippen molar-refractivity contribution in [3.8, 4) is 11.3 Å². The first kappa shape index (κ1) is 19.1. The van der Waals surface area contributed by atoms with Gasteiger partial charge in [-0.05, 0) is 43.9 Å². The molecule has 1 aliphatic heterocycles. The number of amides is 1. The number of benzene rings is 2. The second-order valence-electron chi connectivity index (χ2n) is 7.70. The zero-order chi connectivity index (χ0) is 20.2. The molecule has 1 fully saturated rings. The molecule has 2 heterocycles. The van der Waals surface area contributed by atoms with Gasteiger partial charge in [-0.25, -0.2) is 9.97 Å². The van der Waals surface area contributed by atoms with Crippen molar-refractivity contribution >= 4 is 17.4 Å². The zero-order valence-electron chi connectivity index (χ0n) is 16.9. The Kier molecular flexibility index (Phi) is 5.56. The average molecular weight is 386 g/mol. The van der Waals surface area contributed by atoms with Crippen molar-refractivity contribution in [3.05, 3.63) is 72.1 Å². The van der Waals surface area contributed by atoms with Gasteiger partial charge in [0.1, 0.15) is 12.1 Å². The lowest BCUT2D eigenvalue weighted by Gasteiger charge is -2.32. The Hall–Kier alpha value is -3.21. The van der Waals surface area contributed by atoms with Gasteiger partial charge >= 0.3 is 0 Å². The van der Waals surface area contributed by atoms with Crippen LogP contribution in [0.25, 0.3) is 11.3 Å². The highest BCUT2D eigenvalue weighted by Gasteiger charge is 2.26. The van der Waals surface area contributed by atoms with E-state index < -0.39 is 0 Å². The first-order chi connectivity index (χ1) is 14.1.